The van der Waals surface area contributed by atoms with Crippen LogP contribution in [0.5, 0.6) is 0 Å². The normalized spacial score (nSPS) is 19.1. The number of nitro benzene ring substituents is 1. The monoisotopic (exact) mass is 286 g/mol. The van der Waals surface area contributed by atoms with Crippen LogP contribution in [-0.2, 0) is 6.54 Å². The van der Waals surface area contributed by atoms with E-state index in [1.807, 2.05) is 11.8 Å². The van der Waals surface area contributed by atoms with Crippen molar-refractivity contribution in [2.75, 3.05) is 12.3 Å². The van der Waals surface area contributed by atoms with Crippen molar-refractivity contribution in [2.45, 2.75) is 24.6 Å². The van der Waals surface area contributed by atoms with Gasteiger partial charge in [-0.15, -0.1) is 0 Å². The van der Waals surface area contributed by atoms with E-state index in [4.69, 9.17) is 11.6 Å². The molecule has 1 saturated heterocycles. The van der Waals surface area contributed by atoms with Gasteiger partial charge in [0.1, 0.15) is 0 Å². The molecule has 0 radical (unpaired) electrons. The van der Waals surface area contributed by atoms with Gasteiger partial charge in [0.15, 0.2) is 0 Å². The van der Waals surface area contributed by atoms with Crippen LogP contribution in [0.25, 0.3) is 0 Å². The summed E-state index contributed by atoms with van der Waals surface area (Å²) < 4.78 is 0. The molecule has 0 bridgehead atoms. The zero-order chi connectivity index (χ0) is 13.0. The minimum absolute atomic E-state index is 0.0917. The van der Waals surface area contributed by atoms with Gasteiger partial charge in [-0.1, -0.05) is 17.7 Å². The van der Waals surface area contributed by atoms with Crippen molar-refractivity contribution in [1.82, 2.24) is 5.32 Å². The average Bonchev–Trinajstić information content (AvgIpc) is 2.84. The number of rotatable bonds is 5. The molecule has 1 unspecified atom stereocenters. The van der Waals surface area contributed by atoms with E-state index < -0.39 is 0 Å². The Morgan fingerprint density at radius 3 is 3.06 bits per heavy atom. The SMILES string of the molecule is O=[N+]([O-])c1cccc(Cl)c1CNCC1CCCS1. The summed E-state index contributed by atoms with van der Waals surface area (Å²) in [4.78, 5) is 10.5. The fourth-order valence-electron chi connectivity index (χ4n) is 2.06. The van der Waals surface area contributed by atoms with Gasteiger partial charge >= 0.3 is 0 Å². The summed E-state index contributed by atoms with van der Waals surface area (Å²) >= 11 is 7.98. The number of hydrogen-bond acceptors (Lipinski definition) is 4. The molecule has 98 valence electrons. The van der Waals surface area contributed by atoms with E-state index in [-0.39, 0.29) is 10.6 Å². The van der Waals surface area contributed by atoms with E-state index in [0.29, 0.717) is 22.4 Å². The quantitative estimate of drug-likeness (QED) is 0.667. The first-order chi connectivity index (χ1) is 8.68. The Kier molecular flexibility index (Phi) is 4.86. The van der Waals surface area contributed by atoms with Crippen molar-refractivity contribution in [1.29, 1.82) is 0 Å². The predicted molar refractivity (Wildman–Crippen MR) is 75.3 cm³/mol. The smallest absolute Gasteiger partial charge is 0.275 e. The van der Waals surface area contributed by atoms with Crippen LogP contribution in [0.4, 0.5) is 5.69 Å². The fourth-order valence-corrected chi connectivity index (χ4v) is 3.53. The number of hydrogen-bond donors (Lipinski definition) is 1. The number of nitrogens with one attached hydrogen (secondary N) is 1. The molecule has 1 aromatic carbocycles. The van der Waals surface area contributed by atoms with Crippen molar-refractivity contribution in [2.24, 2.45) is 0 Å². The highest BCUT2D eigenvalue weighted by atomic mass is 35.5. The fraction of sp³-hybridized carbons (Fsp3) is 0.500. The summed E-state index contributed by atoms with van der Waals surface area (Å²) in [5, 5.41) is 15.3. The van der Waals surface area contributed by atoms with E-state index >= 15 is 0 Å². The molecular formula is C12H15ClN2O2S. The van der Waals surface area contributed by atoms with Crippen LogP contribution in [0.1, 0.15) is 18.4 Å². The Bertz CT molecular complexity index is 436. The lowest BCUT2D eigenvalue weighted by molar-refractivity contribution is -0.385. The molecule has 0 amide bonds. The van der Waals surface area contributed by atoms with Gasteiger partial charge in [0.25, 0.3) is 5.69 Å². The van der Waals surface area contributed by atoms with Crippen LogP contribution in [0, 0.1) is 10.1 Å². The highest BCUT2D eigenvalue weighted by molar-refractivity contribution is 8.00. The molecule has 1 N–H and O–H groups in total. The maximum Gasteiger partial charge on any atom is 0.275 e. The lowest BCUT2D eigenvalue weighted by Crippen LogP contribution is -2.23. The van der Waals surface area contributed by atoms with Crippen molar-refractivity contribution < 1.29 is 4.92 Å². The lowest BCUT2D eigenvalue weighted by Gasteiger charge is -2.11. The van der Waals surface area contributed by atoms with Gasteiger partial charge in [0.05, 0.1) is 15.5 Å². The molecule has 6 heteroatoms. The molecule has 1 atom stereocenters. The zero-order valence-electron chi connectivity index (χ0n) is 9.89. The third-order valence-corrected chi connectivity index (χ3v) is 4.74. The second kappa shape index (κ2) is 6.41. The van der Waals surface area contributed by atoms with E-state index in [0.717, 1.165) is 6.54 Å². The number of benzene rings is 1. The van der Waals surface area contributed by atoms with Crippen molar-refractivity contribution in [3.05, 3.63) is 38.9 Å². The molecule has 1 fully saturated rings. The van der Waals surface area contributed by atoms with Crippen molar-refractivity contribution in [3.63, 3.8) is 0 Å². The topological polar surface area (TPSA) is 55.2 Å². The number of nitrogens with zero attached hydrogens (tertiary/aromatic N) is 1. The predicted octanol–water partition coefficient (Wildman–Crippen LogP) is 3.23. The molecule has 0 aliphatic carbocycles. The van der Waals surface area contributed by atoms with Gasteiger partial charge in [0, 0.05) is 24.4 Å². The van der Waals surface area contributed by atoms with E-state index in [2.05, 4.69) is 5.32 Å². The molecule has 1 heterocycles. The van der Waals surface area contributed by atoms with Gasteiger partial charge in [0.2, 0.25) is 0 Å². The highest BCUT2D eigenvalue weighted by Crippen LogP contribution is 2.27. The van der Waals surface area contributed by atoms with Crippen LogP contribution >= 0.6 is 23.4 Å². The molecule has 18 heavy (non-hydrogen) atoms. The second-order valence-electron chi connectivity index (χ2n) is 4.26. The van der Waals surface area contributed by atoms with E-state index in [9.17, 15) is 10.1 Å². The Balaban J connectivity index is 1.97. The summed E-state index contributed by atoms with van der Waals surface area (Å²) in [6.45, 7) is 1.33. The minimum Gasteiger partial charge on any atom is -0.311 e. The third-order valence-electron chi connectivity index (χ3n) is 2.99. The Morgan fingerprint density at radius 1 is 1.56 bits per heavy atom. The van der Waals surface area contributed by atoms with E-state index in [1.54, 1.807) is 12.1 Å². The molecular weight excluding hydrogens is 272 g/mol. The summed E-state index contributed by atoms with van der Waals surface area (Å²) in [5.74, 6) is 1.22. The molecule has 2 rings (SSSR count). The molecule has 1 aromatic rings. The molecule has 0 saturated carbocycles. The maximum absolute atomic E-state index is 10.9. The molecule has 4 nitrogen and oxygen atoms in total. The molecule has 1 aliphatic heterocycles. The lowest BCUT2D eigenvalue weighted by atomic mass is 10.1. The number of thioether (sulfide) groups is 1. The first-order valence-corrected chi connectivity index (χ1v) is 7.35. The van der Waals surface area contributed by atoms with Gasteiger partial charge in [-0.3, -0.25) is 10.1 Å². The number of nitro groups is 1. The Labute approximate surface area is 115 Å². The number of halogens is 1. The van der Waals surface area contributed by atoms with Gasteiger partial charge < -0.3 is 5.32 Å². The minimum atomic E-state index is -0.382. The molecule has 1 aliphatic rings. The van der Waals surface area contributed by atoms with Gasteiger partial charge in [-0.2, -0.15) is 11.8 Å². The van der Waals surface area contributed by atoms with E-state index in [1.165, 1.54) is 24.7 Å². The first-order valence-electron chi connectivity index (χ1n) is 5.92. The van der Waals surface area contributed by atoms with Crippen LogP contribution in [0.2, 0.25) is 5.02 Å². The summed E-state index contributed by atoms with van der Waals surface area (Å²) in [6, 6.07) is 4.79. The summed E-state index contributed by atoms with van der Waals surface area (Å²) in [6.07, 6.45) is 2.49. The maximum atomic E-state index is 10.9. The largest absolute Gasteiger partial charge is 0.311 e. The molecule has 0 spiro atoms. The Morgan fingerprint density at radius 2 is 2.39 bits per heavy atom. The van der Waals surface area contributed by atoms with Crippen LogP contribution in [0.3, 0.4) is 0 Å². The summed E-state index contributed by atoms with van der Waals surface area (Å²) in [7, 11) is 0. The summed E-state index contributed by atoms with van der Waals surface area (Å²) in [5.41, 5.74) is 0.668. The third kappa shape index (κ3) is 3.37. The van der Waals surface area contributed by atoms with Crippen molar-refractivity contribution >= 4 is 29.1 Å². The Hall–Kier alpha value is -0.780. The highest BCUT2D eigenvalue weighted by Gasteiger charge is 2.18. The average molecular weight is 287 g/mol. The standard InChI is InChI=1S/C12H15ClN2O2S/c13-11-4-1-5-12(15(16)17)10(11)8-14-7-9-3-2-6-18-9/h1,4-5,9,14H,2-3,6-8H2. The van der Waals surface area contributed by atoms with Crippen molar-refractivity contribution in [3.8, 4) is 0 Å². The van der Waals surface area contributed by atoms with Gasteiger partial charge in [-0.25, -0.2) is 0 Å². The van der Waals surface area contributed by atoms with Crippen LogP contribution in [-0.4, -0.2) is 22.5 Å². The van der Waals surface area contributed by atoms with Crippen LogP contribution in [0.15, 0.2) is 18.2 Å². The second-order valence-corrected chi connectivity index (χ2v) is 6.08. The first kappa shape index (κ1) is 13.6. The van der Waals surface area contributed by atoms with Gasteiger partial charge in [-0.05, 0) is 24.7 Å². The molecule has 0 aromatic heterocycles. The van der Waals surface area contributed by atoms with Crippen LogP contribution < -0.4 is 5.32 Å². The zero-order valence-corrected chi connectivity index (χ0v) is 11.5.